The van der Waals surface area contributed by atoms with Gasteiger partial charge in [0, 0.05) is 19.0 Å². The first-order chi connectivity index (χ1) is 7.66. The fourth-order valence-electron chi connectivity index (χ4n) is 1.67. The minimum Gasteiger partial charge on any atom is -0.481 e. The molecule has 0 radical (unpaired) electrons. The van der Waals surface area contributed by atoms with Gasteiger partial charge in [-0.05, 0) is 19.8 Å². The van der Waals surface area contributed by atoms with E-state index < -0.39 is 5.97 Å². The van der Waals surface area contributed by atoms with E-state index in [4.69, 9.17) is 10.2 Å². The predicted octanol–water partition coefficient (Wildman–Crippen LogP) is 1.77. The van der Waals surface area contributed by atoms with Gasteiger partial charge in [0.1, 0.15) is 0 Å². The van der Waals surface area contributed by atoms with Crippen molar-refractivity contribution in [2.24, 2.45) is 0 Å². The van der Waals surface area contributed by atoms with Crippen molar-refractivity contribution < 1.29 is 15.0 Å². The number of aliphatic hydroxyl groups excluding tert-OH is 1. The highest BCUT2D eigenvalue weighted by Crippen LogP contribution is 2.08. The number of hydrogen-bond donors (Lipinski definition) is 3. The summed E-state index contributed by atoms with van der Waals surface area (Å²) in [5.41, 5.74) is 0. The largest absolute Gasteiger partial charge is 0.481 e. The van der Waals surface area contributed by atoms with Gasteiger partial charge in [0.15, 0.2) is 0 Å². The highest BCUT2D eigenvalue weighted by molar-refractivity contribution is 5.66. The van der Waals surface area contributed by atoms with Crippen LogP contribution in [0.15, 0.2) is 0 Å². The summed E-state index contributed by atoms with van der Waals surface area (Å²) in [6.07, 6.45) is 6.71. The molecule has 4 nitrogen and oxygen atoms in total. The summed E-state index contributed by atoms with van der Waals surface area (Å²) in [7, 11) is 0. The zero-order valence-corrected chi connectivity index (χ0v) is 10.2. The van der Waals surface area contributed by atoms with Crippen molar-refractivity contribution in [2.75, 3.05) is 13.2 Å². The number of carbonyl (C=O) groups is 1. The Morgan fingerprint density at radius 3 is 2.44 bits per heavy atom. The SMILES string of the molecule is C[C@H](CCCCCCCC(=O)O)NCCO. The van der Waals surface area contributed by atoms with Gasteiger partial charge < -0.3 is 15.5 Å². The number of carboxylic acids is 1. The van der Waals surface area contributed by atoms with Gasteiger partial charge in [-0.2, -0.15) is 0 Å². The molecule has 96 valence electrons. The molecule has 0 fully saturated rings. The van der Waals surface area contributed by atoms with Crippen LogP contribution < -0.4 is 5.32 Å². The van der Waals surface area contributed by atoms with Gasteiger partial charge in [0.05, 0.1) is 6.61 Å². The molecular formula is C12H25NO3. The van der Waals surface area contributed by atoms with Crippen LogP contribution in [-0.2, 0) is 4.79 Å². The summed E-state index contributed by atoms with van der Waals surface area (Å²) >= 11 is 0. The Hall–Kier alpha value is -0.610. The van der Waals surface area contributed by atoms with Gasteiger partial charge in [0.25, 0.3) is 0 Å². The van der Waals surface area contributed by atoms with E-state index in [9.17, 15) is 4.79 Å². The third-order valence-electron chi connectivity index (χ3n) is 2.63. The molecule has 3 N–H and O–H groups in total. The van der Waals surface area contributed by atoms with E-state index >= 15 is 0 Å². The molecule has 0 aromatic carbocycles. The molecule has 0 unspecified atom stereocenters. The first kappa shape index (κ1) is 15.4. The van der Waals surface area contributed by atoms with Crippen molar-refractivity contribution in [1.29, 1.82) is 0 Å². The van der Waals surface area contributed by atoms with Crippen molar-refractivity contribution in [3.63, 3.8) is 0 Å². The van der Waals surface area contributed by atoms with Gasteiger partial charge in [-0.15, -0.1) is 0 Å². The second-order valence-corrected chi connectivity index (χ2v) is 4.28. The second kappa shape index (κ2) is 10.9. The minimum atomic E-state index is -0.693. The van der Waals surface area contributed by atoms with Gasteiger partial charge in [-0.1, -0.05) is 25.7 Å². The minimum absolute atomic E-state index is 0.194. The molecule has 0 aliphatic carbocycles. The Kier molecular flexibility index (Phi) is 10.5. The Morgan fingerprint density at radius 1 is 1.19 bits per heavy atom. The molecule has 4 heteroatoms. The van der Waals surface area contributed by atoms with Crippen molar-refractivity contribution >= 4 is 5.97 Å². The Labute approximate surface area is 98.1 Å². The maximum absolute atomic E-state index is 10.2. The molecule has 0 aromatic rings. The molecular weight excluding hydrogens is 206 g/mol. The lowest BCUT2D eigenvalue weighted by Crippen LogP contribution is -2.28. The molecule has 0 amide bonds. The third kappa shape index (κ3) is 11.5. The van der Waals surface area contributed by atoms with Crippen LogP contribution in [-0.4, -0.2) is 35.4 Å². The van der Waals surface area contributed by atoms with Gasteiger partial charge >= 0.3 is 5.97 Å². The van der Waals surface area contributed by atoms with E-state index in [1.54, 1.807) is 0 Å². The summed E-state index contributed by atoms with van der Waals surface area (Å²) in [6.45, 7) is 2.99. The summed E-state index contributed by atoms with van der Waals surface area (Å²) < 4.78 is 0. The highest BCUT2D eigenvalue weighted by Gasteiger charge is 2.00. The average molecular weight is 231 g/mol. The molecule has 0 aliphatic heterocycles. The Morgan fingerprint density at radius 2 is 1.81 bits per heavy atom. The standard InChI is InChI=1S/C12H25NO3/c1-11(13-9-10-14)7-5-3-2-4-6-8-12(15)16/h11,13-14H,2-10H2,1H3,(H,15,16)/t11-/m1/s1. The number of unbranched alkanes of at least 4 members (excludes halogenated alkanes) is 4. The second-order valence-electron chi connectivity index (χ2n) is 4.28. The number of aliphatic carboxylic acids is 1. The van der Waals surface area contributed by atoms with E-state index in [-0.39, 0.29) is 6.61 Å². The molecule has 0 aromatic heterocycles. The molecule has 16 heavy (non-hydrogen) atoms. The van der Waals surface area contributed by atoms with Crippen LogP contribution in [0.5, 0.6) is 0 Å². The molecule has 0 bridgehead atoms. The zero-order valence-electron chi connectivity index (χ0n) is 10.2. The quantitative estimate of drug-likeness (QED) is 0.474. The number of aliphatic hydroxyl groups is 1. The lowest BCUT2D eigenvalue weighted by molar-refractivity contribution is -0.137. The smallest absolute Gasteiger partial charge is 0.303 e. The van der Waals surface area contributed by atoms with Crippen LogP contribution in [0.1, 0.15) is 51.9 Å². The Balaban J connectivity index is 3.11. The number of nitrogens with one attached hydrogen (secondary N) is 1. The molecule has 0 aliphatic rings. The van der Waals surface area contributed by atoms with Crippen molar-refractivity contribution in [3.8, 4) is 0 Å². The van der Waals surface area contributed by atoms with Crippen molar-refractivity contribution in [3.05, 3.63) is 0 Å². The summed E-state index contributed by atoms with van der Waals surface area (Å²) in [4.78, 5) is 10.2. The molecule has 0 spiro atoms. The fraction of sp³-hybridized carbons (Fsp3) is 0.917. The maximum atomic E-state index is 10.2. The highest BCUT2D eigenvalue weighted by atomic mass is 16.4. The maximum Gasteiger partial charge on any atom is 0.303 e. The van der Waals surface area contributed by atoms with Crippen LogP contribution in [0.2, 0.25) is 0 Å². The molecule has 0 heterocycles. The monoisotopic (exact) mass is 231 g/mol. The number of hydrogen-bond acceptors (Lipinski definition) is 3. The van der Waals surface area contributed by atoms with Crippen LogP contribution in [0.4, 0.5) is 0 Å². The Bertz CT molecular complexity index is 174. The van der Waals surface area contributed by atoms with Gasteiger partial charge in [0.2, 0.25) is 0 Å². The summed E-state index contributed by atoms with van der Waals surface area (Å²) in [5.74, 6) is -0.693. The summed E-state index contributed by atoms with van der Waals surface area (Å²) in [5, 5.41) is 20.3. The van der Waals surface area contributed by atoms with Gasteiger partial charge in [-0.25, -0.2) is 0 Å². The first-order valence-electron chi connectivity index (χ1n) is 6.23. The lowest BCUT2D eigenvalue weighted by Gasteiger charge is -2.12. The van der Waals surface area contributed by atoms with Crippen LogP contribution >= 0.6 is 0 Å². The zero-order chi connectivity index (χ0) is 12.2. The van der Waals surface area contributed by atoms with Crippen molar-refractivity contribution in [1.82, 2.24) is 5.32 Å². The number of rotatable bonds is 11. The topological polar surface area (TPSA) is 69.6 Å². The van der Waals surface area contributed by atoms with Crippen LogP contribution in [0.25, 0.3) is 0 Å². The van der Waals surface area contributed by atoms with Crippen LogP contribution in [0, 0.1) is 0 Å². The first-order valence-corrected chi connectivity index (χ1v) is 6.23. The van der Waals surface area contributed by atoms with Crippen molar-refractivity contribution in [2.45, 2.75) is 57.9 Å². The molecule has 0 saturated heterocycles. The van der Waals surface area contributed by atoms with E-state index in [1.807, 2.05) is 0 Å². The number of carboxylic acid groups (broad SMARTS) is 1. The van der Waals surface area contributed by atoms with Crippen LogP contribution in [0.3, 0.4) is 0 Å². The summed E-state index contributed by atoms with van der Waals surface area (Å²) in [6, 6.07) is 0.464. The fourth-order valence-corrected chi connectivity index (χ4v) is 1.67. The van der Waals surface area contributed by atoms with E-state index in [1.165, 1.54) is 12.8 Å². The van der Waals surface area contributed by atoms with E-state index in [2.05, 4.69) is 12.2 Å². The molecule has 1 atom stereocenters. The molecule has 0 saturated carbocycles. The van der Waals surface area contributed by atoms with E-state index in [0.717, 1.165) is 25.7 Å². The average Bonchev–Trinajstić information content (AvgIpc) is 2.24. The normalized spacial score (nSPS) is 12.6. The van der Waals surface area contributed by atoms with E-state index in [0.29, 0.717) is 19.0 Å². The molecule has 0 rings (SSSR count). The lowest BCUT2D eigenvalue weighted by atomic mass is 10.1. The predicted molar refractivity (Wildman–Crippen MR) is 64.5 cm³/mol. The van der Waals surface area contributed by atoms with Gasteiger partial charge in [-0.3, -0.25) is 4.79 Å². The third-order valence-corrected chi connectivity index (χ3v) is 2.63.